The van der Waals surface area contributed by atoms with Crippen molar-refractivity contribution in [3.05, 3.63) is 94.5 Å². The van der Waals surface area contributed by atoms with Gasteiger partial charge in [0.05, 0.1) is 23.1 Å². The van der Waals surface area contributed by atoms with Gasteiger partial charge in [0.2, 0.25) is 0 Å². The van der Waals surface area contributed by atoms with E-state index in [0.717, 1.165) is 36.2 Å². The molecule has 7 nitrogen and oxygen atoms in total. The van der Waals surface area contributed by atoms with Crippen LogP contribution in [-0.4, -0.2) is 70.7 Å². The van der Waals surface area contributed by atoms with Crippen molar-refractivity contribution in [3.63, 3.8) is 0 Å². The van der Waals surface area contributed by atoms with Crippen molar-refractivity contribution in [1.82, 2.24) is 9.80 Å². The molecule has 0 unspecified atom stereocenters. The minimum absolute atomic E-state index is 0.00373. The van der Waals surface area contributed by atoms with Crippen LogP contribution < -0.4 is 4.74 Å². The highest BCUT2D eigenvalue weighted by atomic mass is 19.4. The van der Waals surface area contributed by atoms with E-state index in [1.807, 2.05) is 24.3 Å². The number of ether oxygens (including phenoxy) is 2. The molecule has 244 valence electrons. The second-order valence-corrected chi connectivity index (χ2v) is 13.0. The maximum atomic E-state index is 13.5. The van der Waals surface area contributed by atoms with Crippen molar-refractivity contribution in [2.45, 2.75) is 74.4 Å². The van der Waals surface area contributed by atoms with Crippen molar-refractivity contribution in [1.29, 1.82) is 0 Å². The number of esters is 1. The molecule has 2 aliphatic carbocycles. The molecule has 3 aromatic rings. The number of alkyl halides is 3. The molecule has 5 atom stereocenters. The van der Waals surface area contributed by atoms with E-state index in [0.29, 0.717) is 38.0 Å². The predicted molar refractivity (Wildman–Crippen MR) is 167 cm³/mol. The molecule has 1 spiro atoms. The third kappa shape index (κ3) is 4.94. The number of benzene rings is 3. The van der Waals surface area contributed by atoms with Gasteiger partial charge in [0, 0.05) is 37.6 Å². The van der Waals surface area contributed by atoms with E-state index in [1.165, 1.54) is 29.5 Å². The van der Waals surface area contributed by atoms with Gasteiger partial charge in [0.25, 0.3) is 5.91 Å². The smallest absolute Gasteiger partial charge is 0.416 e. The number of likely N-dealkylation sites (tertiary alicyclic amines) is 1. The lowest BCUT2D eigenvalue weighted by atomic mass is 9.48. The topological polar surface area (TPSA) is 79.3 Å². The first-order valence-electron chi connectivity index (χ1n) is 15.9. The molecule has 1 amide bonds. The van der Waals surface area contributed by atoms with Gasteiger partial charge in [-0.1, -0.05) is 42.3 Å². The van der Waals surface area contributed by atoms with Gasteiger partial charge in [-0.05, 0) is 80.1 Å². The standard InChI is InChI=1S/C37H35F3N2O5/c1-23(43)47-36-18-16-28(41(2)31(45)15-10-25-8-12-27(13-9-25)37(38,39)40)34-35(36)19-21-42(20-17-24-6-4-3-5-7-24)30(36)22-26-11-14-29(44)33(46-34)32(26)35/h3-9,11-14,28,30,34,44H,16-22H2,1-2H3/t28-,30+,34-,35-,36+/m0/s1. The van der Waals surface area contributed by atoms with Crippen molar-refractivity contribution in [2.75, 3.05) is 20.1 Å². The van der Waals surface area contributed by atoms with Gasteiger partial charge in [-0.25, -0.2) is 0 Å². The fourth-order valence-corrected chi connectivity index (χ4v) is 8.73. The molecule has 1 saturated heterocycles. The number of likely N-dealkylation sites (N-methyl/N-ethyl adjacent to an activating group) is 1. The van der Waals surface area contributed by atoms with Gasteiger partial charge in [-0.3, -0.25) is 14.5 Å². The quantitative estimate of drug-likeness (QED) is 0.302. The summed E-state index contributed by atoms with van der Waals surface area (Å²) in [5.41, 5.74) is 0.859. The zero-order valence-corrected chi connectivity index (χ0v) is 26.1. The first-order chi connectivity index (χ1) is 22.4. The van der Waals surface area contributed by atoms with Crippen LogP contribution in [0.5, 0.6) is 11.5 Å². The second-order valence-electron chi connectivity index (χ2n) is 13.0. The summed E-state index contributed by atoms with van der Waals surface area (Å²) in [5.74, 6) is 4.78. The summed E-state index contributed by atoms with van der Waals surface area (Å²) in [4.78, 5) is 30.4. The molecular weight excluding hydrogens is 609 g/mol. The van der Waals surface area contributed by atoms with E-state index in [9.17, 15) is 27.9 Å². The number of piperidine rings is 1. The highest BCUT2D eigenvalue weighted by Crippen LogP contribution is 2.67. The van der Waals surface area contributed by atoms with Crippen LogP contribution in [0.3, 0.4) is 0 Å². The Bertz CT molecular complexity index is 1780. The minimum atomic E-state index is -4.47. The number of carbonyl (C=O) groups excluding carboxylic acids is 2. The second kappa shape index (κ2) is 11.3. The summed E-state index contributed by atoms with van der Waals surface area (Å²) in [6.07, 6.45) is -2.10. The number of phenols is 1. The average molecular weight is 645 g/mol. The lowest BCUT2D eigenvalue weighted by Gasteiger charge is -2.65. The molecule has 2 aliphatic heterocycles. The Balaban J connectivity index is 1.23. The van der Waals surface area contributed by atoms with Crippen LogP contribution in [-0.2, 0) is 38.8 Å². The van der Waals surface area contributed by atoms with Gasteiger partial charge in [-0.15, -0.1) is 0 Å². The maximum absolute atomic E-state index is 13.5. The molecule has 1 N–H and O–H groups in total. The van der Waals surface area contributed by atoms with Crippen LogP contribution in [0.15, 0.2) is 66.7 Å². The SMILES string of the molecule is CC(=O)O[C@@]12CC[C@H](N(C)C(=O)C#Cc3ccc(C(F)(F)F)cc3)[C@@H]3Oc4c(O)ccc5c4[C@@]31CCN(CCc1ccccc1)[C@@H]2C5. The Labute approximate surface area is 271 Å². The summed E-state index contributed by atoms with van der Waals surface area (Å²) in [7, 11) is 1.65. The van der Waals surface area contributed by atoms with E-state index < -0.39 is 40.8 Å². The van der Waals surface area contributed by atoms with Crippen LogP contribution >= 0.6 is 0 Å². The van der Waals surface area contributed by atoms with Gasteiger partial charge < -0.3 is 19.5 Å². The normalized spacial score (nSPS) is 27.1. The van der Waals surface area contributed by atoms with Crippen molar-refractivity contribution in [3.8, 4) is 23.3 Å². The third-order valence-corrected chi connectivity index (χ3v) is 10.7. The Morgan fingerprint density at radius 3 is 2.53 bits per heavy atom. The number of nitrogens with zero attached hydrogens (tertiary/aromatic N) is 2. The molecule has 0 radical (unpaired) electrons. The molecule has 47 heavy (non-hydrogen) atoms. The number of amides is 1. The Morgan fingerprint density at radius 1 is 1.09 bits per heavy atom. The van der Waals surface area contributed by atoms with E-state index in [1.54, 1.807) is 13.1 Å². The fourth-order valence-electron chi connectivity index (χ4n) is 8.73. The molecule has 2 bridgehead atoms. The highest BCUT2D eigenvalue weighted by Gasteiger charge is 2.75. The predicted octanol–water partition coefficient (Wildman–Crippen LogP) is 5.26. The molecule has 7 rings (SSSR count). The van der Waals surface area contributed by atoms with Crippen molar-refractivity contribution >= 4 is 11.9 Å². The van der Waals surface area contributed by atoms with E-state index in [4.69, 9.17) is 9.47 Å². The van der Waals surface area contributed by atoms with E-state index >= 15 is 0 Å². The van der Waals surface area contributed by atoms with Gasteiger partial charge >= 0.3 is 12.1 Å². The van der Waals surface area contributed by atoms with Crippen LogP contribution in [0.4, 0.5) is 13.2 Å². The van der Waals surface area contributed by atoms with Crippen LogP contribution in [0, 0.1) is 11.8 Å². The number of hydrogen-bond donors (Lipinski definition) is 1. The van der Waals surface area contributed by atoms with Gasteiger partial charge in [0.1, 0.15) is 11.7 Å². The summed E-state index contributed by atoms with van der Waals surface area (Å²) < 4.78 is 52.1. The minimum Gasteiger partial charge on any atom is -0.504 e. The number of hydrogen-bond acceptors (Lipinski definition) is 6. The van der Waals surface area contributed by atoms with Crippen LogP contribution in [0.2, 0.25) is 0 Å². The largest absolute Gasteiger partial charge is 0.504 e. The molecular formula is C37H35F3N2O5. The fraction of sp³-hybridized carbons (Fsp3) is 0.405. The third-order valence-electron chi connectivity index (χ3n) is 10.7. The highest BCUT2D eigenvalue weighted by molar-refractivity contribution is 5.94. The summed E-state index contributed by atoms with van der Waals surface area (Å²) in [6, 6.07) is 17.6. The Kier molecular flexibility index (Phi) is 7.51. The van der Waals surface area contributed by atoms with E-state index in [2.05, 4.69) is 28.9 Å². The zero-order valence-electron chi connectivity index (χ0n) is 26.1. The van der Waals surface area contributed by atoms with Gasteiger partial charge in [-0.2, -0.15) is 13.2 Å². The number of carbonyl (C=O) groups is 2. The molecule has 2 heterocycles. The van der Waals surface area contributed by atoms with E-state index in [-0.39, 0.29) is 23.3 Å². The molecule has 2 fully saturated rings. The van der Waals surface area contributed by atoms with Crippen molar-refractivity contribution < 1.29 is 37.3 Å². The van der Waals surface area contributed by atoms with Crippen molar-refractivity contribution in [2.24, 2.45) is 0 Å². The Hall–Kier alpha value is -4.49. The number of halogens is 3. The maximum Gasteiger partial charge on any atom is 0.416 e. The molecule has 1 saturated carbocycles. The average Bonchev–Trinajstić information content (AvgIpc) is 3.40. The molecule has 3 aromatic carbocycles. The van der Waals surface area contributed by atoms with Crippen LogP contribution in [0.1, 0.15) is 54.0 Å². The number of aromatic hydroxyl groups is 1. The molecule has 10 heteroatoms. The van der Waals surface area contributed by atoms with Crippen LogP contribution in [0.25, 0.3) is 0 Å². The molecule has 4 aliphatic rings. The first kappa shape index (κ1) is 31.1. The summed E-state index contributed by atoms with van der Waals surface area (Å²) in [5, 5.41) is 11.0. The lowest BCUT2D eigenvalue weighted by molar-refractivity contribution is -0.223. The lowest BCUT2D eigenvalue weighted by Crippen LogP contribution is -2.79. The summed E-state index contributed by atoms with van der Waals surface area (Å²) in [6.45, 7) is 2.92. The summed E-state index contributed by atoms with van der Waals surface area (Å²) >= 11 is 0. The molecule has 0 aromatic heterocycles. The van der Waals surface area contributed by atoms with Gasteiger partial charge in [0.15, 0.2) is 11.5 Å². The Morgan fingerprint density at radius 2 is 1.83 bits per heavy atom. The zero-order chi connectivity index (χ0) is 33.1. The number of phenolic OH excluding ortho intramolecular Hbond substituents is 1. The first-order valence-corrected chi connectivity index (χ1v) is 15.9. The number of rotatable bonds is 5. The monoisotopic (exact) mass is 644 g/mol.